The van der Waals surface area contributed by atoms with Crippen molar-refractivity contribution in [3.05, 3.63) is 59.7 Å². The summed E-state index contributed by atoms with van der Waals surface area (Å²) in [6, 6.07) is 7.47. The van der Waals surface area contributed by atoms with E-state index in [1.807, 2.05) is 36.1 Å². The van der Waals surface area contributed by atoms with Crippen LogP contribution in [0.5, 0.6) is 0 Å². The Morgan fingerprint density at radius 3 is 2.74 bits per heavy atom. The maximum Gasteiger partial charge on any atom is 0.255 e. The second kappa shape index (κ2) is 7.10. The molecule has 27 heavy (non-hydrogen) atoms. The average molecular weight is 364 g/mol. The number of hydrogen-bond acceptors (Lipinski definition) is 4. The van der Waals surface area contributed by atoms with Crippen LogP contribution in [-0.4, -0.2) is 39.8 Å². The summed E-state index contributed by atoms with van der Waals surface area (Å²) in [6.07, 6.45) is 8.24. The van der Waals surface area contributed by atoms with Gasteiger partial charge in [-0.3, -0.25) is 19.6 Å². The number of likely N-dealkylation sites (tertiary alicyclic amines) is 1. The van der Waals surface area contributed by atoms with Crippen molar-refractivity contribution in [1.29, 1.82) is 0 Å². The van der Waals surface area contributed by atoms with E-state index >= 15 is 0 Å². The van der Waals surface area contributed by atoms with Crippen LogP contribution >= 0.6 is 0 Å². The molecule has 1 unspecified atom stereocenters. The number of hydrogen-bond donors (Lipinski definition) is 1. The molecule has 1 spiro atoms. The van der Waals surface area contributed by atoms with Crippen LogP contribution in [0.25, 0.3) is 0 Å². The lowest BCUT2D eigenvalue weighted by Gasteiger charge is -2.41. The minimum Gasteiger partial charge on any atom is -0.352 e. The van der Waals surface area contributed by atoms with Crippen LogP contribution in [0.2, 0.25) is 0 Å². The molecular formula is C21H24N4O2. The number of carbonyl (C=O) groups excluding carboxylic acids is 2. The molecule has 0 radical (unpaired) electrons. The molecule has 1 aliphatic carbocycles. The van der Waals surface area contributed by atoms with E-state index in [1.165, 1.54) is 0 Å². The third kappa shape index (κ3) is 3.44. The van der Waals surface area contributed by atoms with Crippen LogP contribution in [0.3, 0.4) is 0 Å². The lowest BCUT2D eigenvalue weighted by atomic mass is 9.62. The standard InChI is InChI=1S/C21H24N4O2/c1-15-5-6-17(12-23-15)20(27)25-13-18(21(14-25)7-3-8-21)19(26)24-11-16-4-2-9-22-10-16/h2,4-6,9-10,12,18H,3,7-8,11,13-14H2,1H3,(H,24,26). The molecule has 140 valence electrons. The molecule has 2 fully saturated rings. The van der Waals surface area contributed by atoms with E-state index in [0.717, 1.165) is 30.5 Å². The van der Waals surface area contributed by atoms with E-state index in [0.29, 0.717) is 25.2 Å². The largest absolute Gasteiger partial charge is 0.352 e. The lowest BCUT2D eigenvalue weighted by Crippen LogP contribution is -2.45. The van der Waals surface area contributed by atoms with Gasteiger partial charge < -0.3 is 10.2 Å². The predicted octanol–water partition coefficient (Wildman–Crippen LogP) is 2.34. The number of carbonyl (C=O) groups is 2. The summed E-state index contributed by atoms with van der Waals surface area (Å²) in [4.78, 5) is 35.9. The molecule has 1 aliphatic heterocycles. The Morgan fingerprint density at radius 1 is 1.26 bits per heavy atom. The number of nitrogens with one attached hydrogen (secondary N) is 1. The molecule has 2 aromatic heterocycles. The van der Waals surface area contributed by atoms with Crippen molar-refractivity contribution in [3.8, 4) is 0 Å². The second-order valence-corrected chi connectivity index (χ2v) is 7.72. The zero-order valence-electron chi connectivity index (χ0n) is 15.5. The fraction of sp³-hybridized carbons (Fsp3) is 0.429. The Hall–Kier alpha value is -2.76. The van der Waals surface area contributed by atoms with Crippen LogP contribution in [0.1, 0.15) is 40.9 Å². The summed E-state index contributed by atoms with van der Waals surface area (Å²) >= 11 is 0. The van der Waals surface area contributed by atoms with E-state index in [2.05, 4.69) is 15.3 Å². The monoisotopic (exact) mass is 364 g/mol. The number of amides is 2. The molecule has 0 bridgehead atoms. The van der Waals surface area contributed by atoms with Gasteiger partial charge in [-0.2, -0.15) is 0 Å². The minimum absolute atomic E-state index is 0.0312. The first-order valence-electron chi connectivity index (χ1n) is 9.46. The molecule has 2 aromatic rings. The highest BCUT2D eigenvalue weighted by molar-refractivity contribution is 5.95. The molecule has 1 saturated carbocycles. The van der Waals surface area contributed by atoms with E-state index in [-0.39, 0.29) is 23.1 Å². The van der Waals surface area contributed by atoms with Crippen molar-refractivity contribution in [1.82, 2.24) is 20.2 Å². The average Bonchev–Trinajstić information content (AvgIpc) is 3.08. The van der Waals surface area contributed by atoms with Gasteiger partial charge in [0, 0.05) is 49.3 Å². The van der Waals surface area contributed by atoms with E-state index in [4.69, 9.17) is 0 Å². The molecule has 3 heterocycles. The number of aromatic nitrogens is 2. The molecule has 1 saturated heterocycles. The Kier molecular flexibility index (Phi) is 4.64. The SMILES string of the molecule is Cc1ccc(C(=O)N2CC(C(=O)NCc3cccnc3)C3(CCC3)C2)cn1. The smallest absolute Gasteiger partial charge is 0.255 e. The molecular weight excluding hydrogens is 340 g/mol. The summed E-state index contributed by atoms with van der Waals surface area (Å²) in [5, 5.41) is 3.04. The maximum atomic E-state index is 12.9. The fourth-order valence-electron chi connectivity index (χ4n) is 4.21. The molecule has 1 N–H and O–H groups in total. The second-order valence-electron chi connectivity index (χ2n) is 7.72. The molecule has 2 aliphatic rings. The van der Waals surface area contributed by atoms with E-state index in [1.54, 1.807) is 18.6 Å². The van der Waals surface area contributed by atoms with Gasteiger partial charge in [-0.15, -0.1) is 0 Å². The topological polar surface area (TPSA) is 75.2 Å². The summed E-state index contributed by atoms with van der Waals surface area (Å²) in [5.74, 6) is -0.141. The van der Waals surface area contributed by atoms with Gasteiger partial charge in [0.25, 0.3) is 5.91 Å². The first kappa shape index (κ1) is 17.6. The summed E-state index contributed by atoms with van der Waals surface area (Å²) < 4.78 is 0. The molecule has 2 amide bonds. The van der Waals surface area contributed by atoms with Gasteiger partial charge in [0.05, 0.1) is 11.5 Å². The zero-order valence-corrected chi connectivity index (χ0v) is 15.5. The number of aryl methyl sites for hydroxylation is 1. The van der Waals surface area contributed by atoms with Crippen molar-refractivity contribution in [2.24, 2.45) is 11.3 Å². The lowest BCUT2D eigenvalue weighted by molar-refractivity contribution is -0.129. The molecule has 6 heteroatoms. The van der Waals surface area contributed by atoms with Gasteiger partial charge >= 0.3 is 0 Å². The Labute approximate surface area is 159 Å². The number of pyridine rings is 2. The van der Waals surface area contributed by atoms with Crippen molar-refractivity contribution in [3.63, 3.8) is 0 Å². The number of rotatable bonds is 4. The molecule has 1 atom stereocenters. The maximum absolute atomic E-state index is 12.9. The van der Waals surface area contributed by atoms with Gasteiger partial charge in [-0.25, -0.2) is 0 Å². The zero-order chi connectivity index (χ0) is 18.9. The highest BCUT2D eigenvalue weighted by Gasteiger charge is 2.54. The van der Waals surface area contributed by atoms with E-state index in [9.17, 15) is 9.59 Å². The molecule has 0 aromatic carbocycles. The van der Waals surface area contributed by atoms with E-state index < -0.39 is 0 Å². The van der Waals surface area contributed by atoms with Crippen LogP contribution in [-0.2, 0) is 11.3 Å². The van der Waals surface area contributed by atoms with Gasteiger partial charge in [-0.05, 0) is 43.5 Å². The Bertz CT molecular complexity index is 831. The first-order valence-corrected chi connectivity index (χ1v) is 9.46. The van der Waals surface area contributed by atoms with Gasteiger partial charge in [0.1, 0.15) is 0 Å². The Morgan fingerprint density at radius 2 is 2.11 bits per heavy atom. The van der Waals surface area contributed by atoms with Crippen LogP contribution in [0, 0.1) is 18.3 Å². The minimum atomic E-state index is -0.148. The van der Waals surface area contributed by atoms with Crippen molar-refractivity contribution < 1.29 is 9.59 Å². The van der Waals surface area contributed by atoms with Crippen LogP contribution < -0.4 is 5.32 Å². The quantitative estimate of drug-likeness (QED) is 0.904. The third-order valence-electron chi connectivity index (χ3n) is 5.95. The van der Waals surface area contributed by atoms with Crippen LogP contribution in [0.4, 0.5) is 0 Å². The highest BCUT2D eigenvalue weighted by atomic mass is 16.2. The van der Waals surface area contributed by atoms with Crippen molar-refractivity contribution in [2.45, 2.75) is 32.7 Å². The summed E-state index contributed by atoms with van der Waals surface area (Å²) in [7, 11) is 0. The van der Waals surface area contributed by atoms with Gasteiger partial charge in [0.15, 0.2) is 0 Å². The fourth-order valence-corrected chi connectivity index (χ4v) is 4.21. The van der Waals surface area contributed by atoms with Crippen molar-refractivity contribution in [2.75, 3.05) is 13.1 Å². The normalized spacial score (nSPS) is 20.3. The van der Waals surface area contributed by atoms with Crippen LogP contribution in [0.15, 0.2) is 42.9 Å². The predicted molar refractivity (Wildman–Crippen MR) is 101 cm³/mol. The third-order valence-corrected chi connectivity index (χ3v) is 5.95. The highest BCUT2D eigenvalue weighted by Crippen LogP contribution is 2.52. The number of nitrogens with zero attached hydrogens (tertiary/aromatic N) is 3. The van der Waals surface area contributed by atoms with Crippen molar-refractivity contribution >= 4 is 11.8 Å². The molecule has 4 rings (SSSR count). The Balaban J connectivity index is 1.45. The van der Waals surface area contributed by atoms with Gasteiger partial charge in [0.2, 0.25) is 5.91 Å². The summed E-state index contributed by atoms with van der Waals surface area (Å²) in [6.45, 7) is 3.50. The summed E-state index contributed by atoms with van der Waals surface area (Å²) in [5.41, 5.74) is 2.39. The molecule has 6 nitrogen and oxygen atoms in total. The van der Waals surface area contributed by atoms with Gasteiger partial charge in [-0.1, -0.05) is 12.5 Å². The first-order chi connectivity index (χ1) is 13.1.